The van der Waals surface area contributed by atoms with Crippen LogP contribution >= 0.6 is 0 Å². The van der Waals surface area contributed by atoms with E-state index < -0.39 is 0 Å². The Balaban J connectivity index is 3.89. The maximum atomic E-state index is 12.0. The summed E-state index contributed by atoms with van der Waals surface area (Å²) < 4.78 is 5.31. The van der Waals surface area contributed by atoms with Crippen molar-refractivity contribution in [2.24, 2.45) is 5.92 Å². The van der Waals surface area contributed by atoms with E-state index in [-0.39, 0.29) is 18.5 Å². The zero-order valence-electron chi connectivity index (χ0n) is 12.8. The minimum absolute atomic E-state index is 0.0251. The van der Waals surface area contributed by atoms with Gasteiger partial charge in [-0.25, -0.2) is 0 Å². The van der Waals surface area contributed by atoms with Gasteiger partial charge < -0.3 is 9.84 Å². The summed E-state index contributed by atoms with van der Waals surface area (Å²) in [5, 5.41) is 8.68. The van der Waals surface area contributed by atoms with Gasteiger partial charge in [0.05, 0.1) is 12.5 Å². The van der Waals surface area contributed by atoms with Gasteiger partial charge in [-0.1, -0.05) is 52.4 Å². The minimum atomic E-state index is -0.0251. The number of hydrogen-bond acceptors (Lipinski definition) is 3. The van der Waals surface area contributed by atoms with Crippen LogP contribution in [0.2, 0.25) is 0 Å². The summed E-state index contributed by atoms with van der Waals surface area (Å²) in [6.07, 6.45) is 10.5. The van der Waals surface area contributed by atoms with E-state index in [1.807, 2.05) is 0 Å². The third kappa shape index (κ3) is 11.0. The summed E-state index contributed by atoms with van der Waals surface area (Å²) in [5.41, 5.74) is 0. The highest BCUT2D eigenvalue weighted by atomic mass is 16.5. The molecule has 0 saturated carbocycles. The number of rotatable bonds is 13. The van der Waals surface area contributed by atoms with Gasteiger partial charge in [-0.05, 0) is 25.7 Å². The van der Waals surface area contributed by atoms with Crippen molar-refractivity contribution in [2.75, 3.05) is 13.2 Å². The number of aliphatic hydroxyl groups excluding tert-OH is 1. The Hall–Kier alpha value is -0.570. The Morgan fingerprint density at radius 1 is 0.947 bits per heavy atom. The van der Waals surface area contributed by atoms with Gasteiger partial charge in [0.2, 0.25) is 0 Å². The van der Waals surface area contributed by atoms with E-state index in [0.29, 0.717) is 13.0 Å². The Bertz CT molecular complexity index is 204. The molecule has 0 radical (unpaired) electrons. The lowest BCUT2D eigenvalue weighted by Crippen LogP contribution is -2.18. The zero-order valence-corrected chi connectivity index (χ0v) is 12.8. The number of ether oxygens (including phenoxy) is 1. The van der Waals surface area contributed by atoms with Crippen LogP contribution < -0.4 is 0 Å². The molecule has 0 aromatic heterocycles. The van der Waals surface area contributed by atoms with Crippen LogP contribution in [0.25, 0.3) is 0 Å². The van der Waals surface area contributed by atoms with Gasteiger partial charge in [-0.15, -0.1) is 0 Å². The summed E-state index contributed by atoms with van der Waals surface area (Å²) in [4.78, 5) is 12.0. The third-order valence-corrected chi connectivity index (χ3v) is 3.44. The molecule has 0 amide bonds. The first-order chi connectivity index (χ1) is 9.26. The molecule has 0 aromatic rings. The first-order valence-electron chi connectivity index (χ1n) is 8.03. The first-order valence-corrected chi connectivity index (χ1v) is 8.03. The van der Waals surface area contributed by atoms with Crippen molar-refractivity contribution in [1.29, 1.82) is 0 Å². The molecule has 0 heterocycles. The van der Waals surface area contributed by atoms with E-state index in [4.69, 9.17) is 9.84 Å². The monoisotopic (exact) mass is 272 g/mol. The van der Waals surface area contributed by atoms with Crippen molar-refractivity contribution in [3.63, 3.8) is 0 Å². The molecule has 19 heavy (non-hydrogen) atoms. The van der Waals surface area contributed by atoms with E-state index in [0.717, 1.165) is 38.5 Å². The molecule has 3 nitrogen and oxygen atoms in total. The van der Waals surface area contributed by atoms with Crippen molar-refractivity contribution >= 4 is 5.97 Å². The summed E-state index contributed by atoms with van der Waals surface area (Å²) in [6.45, 7) is 4.98. The summed E-state index contributed by atoms with van der Waals surface area (Å²) in [5.74, 6) is 0.0637. The molecule has 0 rings (SSSR count). The van der Waals surface area contributed by atoms with Crippen LogP contribution in [0.4, 0.5) is 0 Å². The second kappa shape index (κ2) is 13.9. The normalized spacial score (nSPS) is 12.4. The van der Waals surface area contributed by atoms with Crippen molar-refractivity contribution in [3.05, 3.63) is 0 Å². The molecule has 0 aromatic carbocycles. The highest BCUT2D eigenvalue weighted by Crippen LogP contribution is 2.19. The molecule has 0 aliphatic rings. The number of carbonyl (C=O) groups excluding carboxylic acids is 1. The number of hydrogen-bond donors (Lipinski definition) is 1. The predicted molar refractivity (Wildman–Crippen MR) is 79.1 cm³/mol. The molecule has 0 saturated heterocycles. The molecular weight excluding hydrogens is 240 g/mol. The Morgan fingerprint density at radius 2 is 1.63 bits per heavy atom. The Morgan fingerprint density at radius 3 is 2.26 bits per heavy atom. The van der Waals surface area contributed by atoms with Gasteiger partial charge in [0.1, 0.15) is 0 Å². The highest BCUT2D eigenvalue weighted by Gasteiger charge is 2.18. The van der Waals surface area contributed by atoms with E-state index in [2.05, 4.69) is 13.8 Å². The molecule has 1 N–H and O–H groups in total. The second-order valence-electron chi connectivity index (χ2n) is 5.29. The second-order valence-corrected chi connectivity index (χ2v) is 5.29. The largest absolute Gasteiger partial charge is 0.465 e. The zero-order chi connectivity index (χ0) is 14.3. The van der Waals surface area contributed by atoms with Crippen LogP contribution in [0, 0.1) is 5.92 Å². The lowest BCUT2D eigenvalue weighted by molar-refractivity contribution is -0.149. The number of aliphatic hydroxyl groups is 1. The van der Waals surface area contributed by atoms with Crippen LogP contribution in [0.15, 0.2) is 0 Å². The van der Waals surface area contributed by atoms with E-state index in [9.17, 15) is 4.79 Å². The lowest BCUT2D eigenvalue weighted by atomic mass is 9.95. The Labute approximate surface area is 118 Å². The lowest BCUT2D eigenvalue weighted by Gasteiger charge is -2.15. The molecule has 0 fully saturated rings. The van der Waals surface area contributed by atoms with Crippen molar-refractivity contribution in [3.8, 4) is 0 Å². The van der Waals surface area contributed by atoms with Crippen LogP contribution in [0.5, 0.6) is 0 Å². The van der Waals surface area contributed by atoms with Gasteiger partial charge in [-0.2, -0.15) is 0 Å². The molecule has 1 atom stereocenters. The van der Waals surface area contributed by atoms with Gasteiger partial charge >= 0.3 is 5.97 Å². The van der Waals surface area contributed by atoms with E-state index in [1.54, 1.807) is 0 Å². The van der Waals surface area contributed by atoms with Crippen LogP contribution in [-0.2, 0) is 9.53 Å². The van der Waals surface area contributed by atoms with E-state index in [1.165, 1.54) is 19.3 Å². The average molecular weight is 272 g/mol. The minimum Gasteiger partial charge on any atom is -0.465 e. The van der Waals surface area contributed by atoms with Gasteiger partial charge in [0.25, 0.3) is 0 Å². The summed E-state index contributed by atoms with van der Waals surface area (Å²) in [7, 11) is 0. The van der Waals surface area contributed by atoms with E-state index >= 15 is 0 Å². The molecule has 0 aliphatic carbocycles. The predicted octanol–water partition coefficient (Wildman–Crippen LogP) is 4.08. The Kier molecular flexibility index (Phi) is 13.4. The summed E-state index contributed by atoms with van der Waals surface area (Å²) >= 11 is 0. The maximum absolute atomic E-state index is 12.0. The molecule has 0 spiro atoms. The van der Waals surface area contributed by atoms with Crippen LogP contribution in [-0.4, -0.2) is 24.3 Å². The quantitative estimate of drug-likeness (QED) is 0.406. The van der Waals surface area contributed by atoms with Crippen molar-refractivity contribution in [2.45, 2.75) is 78.1 Å². The van der Waals surface area contributed by atoms with Gasteiger partial charge in [0, 0.05) is 6.61 Å². The van der Waals surface area contributed by atoms with Crippen molar-refractivity contribution < 1.29 is 14.6 Å². The molecule has 3 heteroatoms. The number of carbonyl (C=O) groups is 1. The number of unbranched alkanes of at least 4 members (excludes halogenated alkanes) is 5. The van der Waals surface area contributed by atoms with Crippen LogP contribution in [0.1, 0.15) is 78.1 Å². The molecule has 0 aliphatic heterocycles. The highest BCUT2D eigenvalue weighted by molar-refractivity contribution is 5.72. The third-order valence-electron chi connectivity index (χ3n) is 3.44. The van der Waals surface area contributed by atoms with Crippen LogP contribution in [0.3, 0.4) is 0 Å². The average Bonchev–Trinajstić information content (AvgIpc) is 2.42. The van der Waals surface area contributed by atoms with Crippen molar-refractivity contribution in [1.82, 2.24) is 0 Å². The first kappa shape index (κ1) is 18.4. The number of esters is 1. The standard InChI is InChI=1S/C16H32O3/c1-3-5-7-8-12-15(11-6-4-2)16(18)19-14-10-9-13-17/h15,17H,3-14H2,1-2H3. The molecule has 1 unspecified atom stereocenters. The van der Waals surface area contributed by atoms with Gasteiger partial charge in [0.15, 0.2) is 0 Å². The fourth-order valence-electron chi connectivity index (χ4n) is 2.15. The summed E-state index contributed by atoms with van der Waals surface area (Å²) in [6, 6.07) is 0. The topological polar surface area (TPSA) is 46.5 Å². The smallest absolute Gasteiger partial charge is 0.308 e. The molecule has 114 valence electrons. The fraction of sp³-hybridized carbons (Fsp3) is 0.938. The molecule has 0 bridgehead atoms. The maximum Gasteiger partial charge on any atom is 0.308 e. The SMILES string of the molecule is CCCCCCC(CCCC)C(=O)OCCCCO. The molecular formula is C16H32O3. The fourth-order valence-corrected chi connectivity index (χ4v) is 2.15. The van der Waals surface area contributed by atoms with Gasteiger partial charge in [-0.3, -0.25) is 4.79 Å².